The number of hydrogen-bond acceptors (Lipinski definition) is 8. The molecule has 0 amide bonds. The van der Waals surface area contributed by atoms with Crippen LogP contribution in [0.25, 0.3) is 0 Å². The van der Waals surface area contributed by atoms with E-state index >= 15 is 0 Å². The maximum absolute atomic E-state index is 13.3. The Balaban J connectivity index is 2.35. The van der Waals surface area contributed by atoms with E-state index in [1.54, 1.807) is 0 Å². The summed E-state index contributed by atoms with van der Waals surface area (Å²) in [7, 11) is -3.63. The number of carbonyl (C=O) groups is 2. The highest BCUT2D eigenvalue weighted by molar-refractivity contribution is 7.60. The first kappa shape index (κ1) is 18.9. The highest BCUT2D eigenvalue weighted by Gasteiger charge is 2.59. The summed E-state index contributed by atoms with van der Waals surface area (Å²) in [5.41, 5.74) is -1.52. The first-order chi connectivity index (χ1) is 11.6. The molecule has 136 valence electrons. The number of esters is 2. The van der Waals surface area contributed by atoms with Crippen molar-refractivity contribution in [1.29, 1.82) is 0 Å². The van der Waals surface area contributed by atoms with Crippen LogP contribution >= 0.6 is 7.37 Å². The van der Waals surface area contributed by atoms with Gasteiger partial charge in [0, 0.05) is 32.5 Å². The fourth-order valence-electron chi connectivity index (χ4n) is 2.75. The number of ether oxygens (including phenoxy) is 2. The van der Waals surface area contributed by atoms with Crippen LogP contribution in [0, 0.1) is 10.1 Å². The first-order valence-corrected chi connectivity index (χ1v) is 9.33. The van der Waals surface area contributed by atoms with Gasteiger partial charge >= 0.3 is 11.9 Å². The van der Waals surface area contributed by atoms with Crippen LogP contribution in [0.4, 0.5) is 5.69 Å². The van der Waals surface area contributed by atoms with Crippen LogP contribution < -0.4 is 4.52 Å². The smallest absolute Gasteiger partial charge is 0.303 e. The number of hydrogen-bond donors (Lipinski definition) is 0. The van der Waals surface area contributed by atoms with E-state index in [2.05, 4.69) is 0 Å². The van der Waals surface area contributed by atoms with Gasteiger partial charge in [0.05, 0.1) is 11.0 Å². The Labute approximate surface area is 143 Å². The van der Waals surface area contributed by atoms with Crippen LogP contribution in [0.1, 0.15) is 27.2 Å². The third-order valence-electron chi connectivity index (χ3n) is 3.74. The number of benzene rings is 1. The standard InChI is InChI=1S/C15H18NO8P/c1-10(17)22-14-15(3,23-11(2)18)7-8-25(14,21)24-13-6-4-5-12(9-13)16(19)20/h4-6,9,14H,7-8H2,1-3H3. The molecule has 1 fully saturated rings. The van der Waals surface area contributed by atoms with Crippen LogP contribution in [0.2, 0.25) is 0 Å². The SMILES string of the molecule is CC(=O)OC1C(C)(OC(C)=O)CCP1(=O)Oc1cccc([N+](=O)[O-])c1. The average molecular weight is 371 g/mol. The number of nitrogens with zero attached hydrogens (tertiary/aromatic N) is 1. The Kier molecular flexibility index (Phi) is 5.17. The zero-order valence-corrected chi connectivity index (χ0v) is 14.9. The lowest BCUT2D eigenvalue weighted by Gasteiger charge is -2.31. The third kappa shape index (κ3) is 4.17. The summed E-state index contributed by atoms with van der Waals surface area (Å²) in [5, 5.41) is 10.9. The van der Waals surface area contributed by atoms with Crippen molar-refractivity contribution < 1.29 is 33.1 Å². The molecule has 1 aliphatic rings. The van der Waals surface area contributed by atoms with Gasteiger partial charge in [0.25, 0.3) is 13.1 Å². The summed E-state index contributed by atoms with van der Waals surface area (Å²) in [6, 6.07) is 5.21. The monoisotopic (exact) mass is 371 g/mol. The van der Waals surface area contributed by atoms with E-state index in [0.29, 0.717) is 0 Å². The van der Waals surface area contributed by atoms with Crippen LogP contribution in [0.5, 0.6) is 5.75 Å². The minimum atomic E-state index is -3.63. The first-order valence-electron chi connectivity index (χ1n) is 7.45. The topological polar surface area (TPSA) is 122 Å². The molecule has 1 saturated heterocycles. The summed E-state index contributed by atoms with van der Waals surface area (Å²) in [4.78, 5) is 33.0. The largest absolute Gasteiger partial charge is 0.455 e. The van der Waals surface area contributed by atoms with Crippen molar-refractivity contribution in [3.8, 4) is 5.75 Å². The number of nitro benzene ring substituents is 1. The lowest BCUT2D eigenvalue weighted by molar-refractivity contribution is -0.384. The molecule has 2 rings (SSSR count). The van der Waals surface area contributed by atoms with Gasteiger partial charge in [-0.25, -0.2) is 0 Å². The quantitative estimate of drug-likeness (QED) is 0.335. The molecule has 25 heavy (non-hydrogen) atoms. The maximum atomic E-state index is 13.3. The average Bonchev–Trinajstić information content (AvgIpc) is 2.71. The van der Waals surface area contributed by atoms with Gasteiger partial charge in [-0.2, -0.15) is 0 Å². The van der Waals surface area contributed by atoms with E-state index in [1.165, 1.54) is 32.0 Å². The van der Waals surface area contributed by atoms with E-state index in [-0.39, 0.29) is 24.0 Å². The van der Waals surface area contributed by atoms with E-state index in [1.807, 2.05) is 0 Å². The van der Waals surface area contributed by atoms with Gasteiger partial charge in [-0.3, -0.25) is 24.3 Å². The Morgan fingerprint density at radius 1 is 1.32 bits per heavy atom. The number of nitro groups is 1. The van der Waals surface area contributed by atoms with Crippen molar-refractivity contribution in [3.63, 3.8) is 0 Å². The van der Waals surface area contributed by atoms with E-state index in [4.69, 9.17) is 14.0 Å². The lowest BCUT2D eigenvalue weighted by atomic mass is 10.1. The molecule has 1 aliphatic heterocycles. The van der Waals surface area contributed by atoms with Crippen molar-refractivity contribution in [2.75, 3.05) is 6.16 Å². The molecule has 1 heterocycles. The van der Waals surface area contributed by atoms with Gasteiger partial charge in [-0.15, -0.1) is 0 Å². The minimum absolute atomic E-state index is 0.00256. The van der Waals surface area contributed by atoms with Crippen molar-refractivity contribution in [2.45, 2.75) is 38.6 Å². The summed E-state index contributed by atoms with van der Waals surface area (Å²) in [6.45, 7) is 3.85. The van der Waals surface area contributed by atoms with Gasteiger partial charge in [0.15, 0.2) is 5.60 Å². The molecular formula is C15H18NO8P. The molecular weight excluding hydrogens is 353 g/mol. The lowest BCUT2D eigenvalue weighted by Crippen LogP contribution is -2.41. The van der Waals surface area contributed by atoms with E-state index in [9.17, 15) is 24.3 Å². The van der Waals surface area contributed by atoms with Gasteiger partial charge in [0.2, 0.25) is 5.85 Å². The van der Waals surface area contributed by atoms with Crippen LogP contribution in [-0.4, -0.2) is 34.5 Å². The van der Waals surface area contributed by atoms with Crippen molar-refractivity contribution in [3.05, 3.63) is 34.4 Å². The van der Waals surface area contributed by atoms with Crippen LogP contribution in [0.3, 0.4) is 0 Å². The molecule has 0 spiro atoms. The Bertz CT molecular complexity index is 764. The second-order valence-corrected chi connectivity index (χ2v) is 8.46. The molecule has 0 aromatic heterocycles. The van der Waals surface area contributed by atoms with E-state index in [0.717, 1.165) is 13.0 Å². The Morgan fingerprint density at radius 2 is 2.00 bits per heavy atom. The molecule has 0 radical (unpaired) electrons. The van der Waals surface area contributed by atoms with Gasteiger partial charge in [-0.05, 0) is 13.0 Å². The highest BCUT2D eigenvalue weighted by Crippen LogP contribution is 2.63. The Morgan fingerprint density at radius 3 is 2.56 bits per heavy atom. The van der Waals surface area contributed by atoms with Crippen LogP contribution in [0.15, 0.2) is 24.3 Å². The molecule has 1 aromatic carbocycles. The van der Waals surface area contributed by atoms with Crippen molar-refractivity contribution >= 4 is 25.0 Å². The van der Waals surface area contributed by atoms with Crippen LogP contribution in [-0.2, 0) is 23.6 Å². The molecule has 10 heteroatoms. The predicted molar refractivity (Wildman–Crippen MR) is 86.5 cm³/mol. The third-order valence-corrected chi connectivity index (χ3v) is 6.48. The van der Waals surface area contributed by atoms with Crippen molar-refractivity contribution in [1.82, 2.24) is 0 Å². The van der Waals surface area contributed by atoms with Gasteiger partial charge in [-0.1, -0.05) is 6.07 Å². The normalized spacial score (nSPS) is 28.2. The molecule has 3 atom stereocenters. The van der Waals surface area contributed by atoms with Gasteiger partial charge in [0.1, 0.15) is 5.75 Å². The maximum Gasteiger partial charge on any atom is 0.303 e. The number of rotatable bonds is 5. The highest BCUT2D eigenvalue weighted by atomic mass is 31.2. The summed E-state index contributed by atoms with van der Waals surface area (Å²) >= 11 is 0. The van der Waals surface area contributed by atoms with Crippen molar-refractivity contribution in [2.24, 2.45) is 0 Å². The molecule has 9 nitrogen and oxygen atoms in total. The van der Waals surface area contributed by atoms with Gasteiger partial charge < -0.3 is 14.0 Å². The molecule has 0 N–H and O–H groups in total. The number of carbonyl (C=O) groups excluding carboxylic acids is 2. The Hall–Kier alpha value is -2.41. The summed E-state index contributed by atoms with van der Waals surface area (Å²) < 4.78 is 29.2. The van der Waals surface area contributed by atoms with E-state index < -0.39 is 35.7 Å². The molecule has 1 aromatic rings. The fourth-order valence-corrected chi connectivity index (χ4v) is 5.72. The summed E-state index contributed by atoms with van der Waals surface area (Å²) in [6.07, 6.45) is 0.161. The molecule has 0 aliphatic carbocycles. The minimum Gasteiger partial charge on any atom is -0.455 e. The summed E-state index contributed by atoms with van der Waals surface area (Å²) in [5.74, 6) is -2.58. The molecule has 0 bridgehead atoms. The molecule has 0 saturated carbocycles. The second kappa shape index (κ2) is 6.84. The predicted octanol–water partition coefficient (Wildman–Crippen LogP) is 2.87. The second-order valence-electron chi connectivity index (χ2n) is 5.91. The molecule has 3 unspecified atom stereocenters. The fraction of sp³-hybridized carbons (Fsp3) is 0.467. The number of non-ortho nitro benzene ring substituents is 1. The zero-order valence-electron chi connectivity index (χ0n) is 14.0. The zero-order chi connectivity index (χ0) is 18.8.